The van der Waals surface area contributed by atoms with Gasteiger partial charge in [-0.2, -0.15) is 0 Å². The maximum absolute atomic E-state index is 4.54. The van der Waals surface area contributed by atoms with Crippen molar-refractivity contribution in [2.75, 3.05) is 6.54 Å². The maximum atomic E-state index is 4.54. The van der Waals surface area contributed by atoms with Gasteiger partial charge >= 0.3 is 0 Å². The number of rotatable bonds is 0. The lowest BCUT2D eigenvalue weighted by molar-refractivity contribution is 0.333. The average Bonchev–Trinajstić information content (AvgIpc) is 2.47. The van der Waals surface area contributed by atoms with E-state index in [9.17, 15) is 0 Å². The molecular weight excluding hydrogens is 162 g/mol. The molecular formula is C10H15N3. The fourth-order valence-electron chi connectivity index (χ4n) is 2.71. The van der Waals surface area contributed by atoms with Crippen LogP contribution in [-0.2, 0) is 6.42 Å². The number of imidazole rings is 1. The number of aromatic nitrogens is 2. The van der Waals surface area contributed by atoms with Crippen LogP contribution in [0, 0.1) is 6.92 Å². The van der Waals surface area contributed by atoms with E-state index < -0.39 is 0 Å². The lowest BCUT2D eigenvalue weighted by Crippen LogP contribution is -2.42. The second kappa shape index (κ2) is 2.58. The van der Waals surface area contributed by atoms with E-state index >= 15 is 0 Å². The van der Waals surface area contributed by atoms with Gasteiger partial charge in [0.2, 0.25) is 0 Å². The zero-order chi connectivity index (χ0) is 8.84. The summed E-state index contributed by atoms with van der Waals surface area (Å²) < 4.78 is 0. The van der Waals surface area contributed by atoms with Crippen LogP contribution >= 0.6 is 0 Å². The van der Waals surface area contributed by atoms with Gasteiger partial charge in [0.05, 0.1) is 5.69 Å². The number of hydrogen-bond donors (Lipinski definition) is 2. The number of aryl methyl sites for hydroxylation is 1. The molecule has 1 aromatic heterocycles. The zero-order valence-electron chi connectivity index (χ0n) is 7.93. The highest BCUT2D eigenvalue weighted by molar-refractivity contribution is 5.25. The SMILES string of the molecule is Cc1nc2c([nH]1)C1CCNC(C2)C1. The van der Waals surface area contributed by atoms with E-state index in [1.54, 1.807) is 0 Å². The lowest BCUT2D eigenvalue weighted by atomic mass is 9.81. The average molecular weight is 177 g/mol. The summed E-state index contributed by atoms with van der Waals surface area (Å²) in [5.41, 5.74) is 2.74. The van der Waals surface area contributed by atoms with Crippen LogP contribution in [0.25, 0.3) is 0 Å². The maximum Gasteiger partial charge on any atom is 0.103 e. The number of nitrogens with one attached hydrogen (secondary N) is 2. The molecule has 2 aliphatic rings. The van der Waals surface area contributed by atoms with Crippen molar-refractivity contribution in [3.8, 4) is 0 Å². The Bertz CT molecular complexity index is 329. The normalized spacial score (nSPS) is 31.5. The van der Waals surface area contributed by atoms with Crippen LogP contribution in [0.4, 0.5) is 0 Å². The largest absolute Gasteiger partial charge is 0.346 e. The van der Waals surface area contributed by atoms with Crippen LogP contribution in [0.3, 0.4) is 0 Å². The van der Waals surface area contributed by atoms with Crippen molar-refractivity contribution < 1.29 is 0 Å². The van der Waals surface area contributed by atoms with Crippen LogP contribution in [-0.4, -0.2) is 22.6 Å². The van der Waals surface area contributed by atoms with Gasteiger partial charge in [0.15, 0.2) is 0 Å². The van der Waals surface area contributed by atoms with Crippen LogP contribution in [0.5, 0.6) is 0 Å². The van der Waals surface area contributed by atoms with Crippen molar-refractivity contribution in [2.45, 2.75) is 38.1 Å². The van der Waals surface area contributed by atoms with E-state index in [1.165, 1.54) is 30.8 Å². The third kappa shape index (κ3) is 1.10. The minimum atomic E-state index is 0.689. The molecule has 0 radical (unpaired) electrons. The first kappa shape index (κ1) is 7.56. The molecule has 0 aromatic carbocycles. The second-order valence-electron chi connectivity index (χ2n) is 4.26. The number of H-pyrrole nitrogens is 1. The Balaban J connectivity index is 2.05. The lowest BCUT2D eigenvalue weighted by Gasteiger charge is -2.34. The van der Waals surface area contributed by atoms with E-state index in [-0.39, 0.29) is 0 Å². The van der Waals surface area contributed by atoms with Crippen LogP contribution in [0.2, 0.25) is 0 Å². The van der Waals surface area contributed by atoms with E-state index in [0.29, 0.717) is 6.04 Å². The van der Waals surface area contributed by atoms with Gasteiger partial charge in [-0.3, -0.25) is 0 Å². The Kier molecular flexibility index (Phi) is 1.50. The molecule has 2 N–H and O–H groups in total. The second-order valence-corrected chi connectivity index (χ2v) is 4.26. The summed E-state index contributed by atoms with van der Waals surface area (Å²) in [6.07, 6.45) is 3.69. The molecule has 13 heavy (non-hydrogen) atoms. The predicted octanol–water partition coefficient (Wildman–Crippen LogP) is 1.11. The summed E-state index contributed by atoms with van der Waals surface area (Å²) in [6.45, 7) is 3.22. The van der Waals surface area contributed by atoms with Gasteiger partial charge in [0.25, 0.3) is 0 Å². The molecule has 3 rings (SSSR count). The van der Waals surface area contributed by atoms with E-state index in [0.717, 1.165) is 18.2 Å². The molecule has 2 heterocycles. The Morgan fingerprint density at radius 2 is 2.38 bits per heavy atom. The van der Waals surface area contributed by atoms with Gasteiger partial charge in [-0.15, -0.1) is 0 Å². The molecule has 1 aliphatic heterocycles. The Morgan fingerprint density at radius 3 is 3.31 bits per heavy atom. The number of aromatic amines is 1. The highest BCUT2D eigenvalue weighted by Gasteiger charge is 2.32. The Morgan fingerprint density at radius 1 is 1.46 bits per heavy atom. The first-order valence-corrected chi connectivity index (χ1v) is 5.11. The topological polar surface area (TPSA) is 40.7 Å². The summed E-state index contributed by atoms with van der Waals surface area (Å²) >= 11 is 0. The van der Waals surface area contributed by atoms with Crippen molar-refractivity contribution in [1.82, 2.24) is 15.3 Å². The molecule has 1 saturated heterocycles. The summed E-state index contributed by atoms with van der Waals surface area (Å²) in [5, 5.41) is 3.55. The quantitative estimate of drug-likeness (QED) is 0.623. The first-order chi connectivity index (χ1) is 6.33. The standard InChI is InChI=1S/C10H15N3/c1-6-12-9-5-8-4-7(2-3-11-8)10(9)13-6/h7-8,11H,2-5H2,1H3,(H,12,13). The smallest absolute Gasteiger partial charge is 0.103 e. The van der Waals surface area contributed by atoms with Crippen molar-refractivity contribution >= 4 is 0 Å². The number of hydrogen-bond acceptors (Lipinski definition) is 2. The monoisotopic (exact) mass is 177 g/mol. The fraction of sp³-hybridized carbons (Fsp3) is 0.700. The van der Waals surface area contributed by atoms with Gasteiger partial charge in [0.1, 0.15) is 5.82 Å². The van der Waals surface area contributed by atoms with Crippen LogP contribution < -0.4 is 5.32 Å². The summed E-state index contributed by atoms with van der Waals surface area (Å²) in [4.78, 5) is 7.95. The molecule has 2 atom stereocenters. The molecule has 0 saturated carbocycles. The van der Waals surface area contributed by atoms with E-state index in [4.69, 9.17) is 0 Å². The van der Waals surface area contributed by atoms with Gasteiger partial charge in [0, 0.05) is 24.1 Å². The van der Waals surface area contributed by atoms with Crippen molar-refractivity contribution in [3.63, 3.8) is 0 Å². The fourth-order valence-corrected chi connectivity index (χ4v) is 2.71. The highest BCUT2D eigenvalue weighted by atomic mass is 15.0. The molecule has 1 fully saturated rings. The van der Waals surface area contributed by atoms with Crippen LogP contribution in [0.15, 0.2) is 0 Å². The highest BCUT2D eigenvalue weighted by Crippen LogP contribution is 2.34. The third-order valence-corrected chi connectivity index (χ3v) is 3.27. The van der Waals surface area contributed by atoms with Crippen molar-refractivity contribution in [1.29, 1.82) is 0 Å². The molecule has 0 amide bonds. The van der Waals surface area contributed by atoms with E-state index in [1.807, 2.05) is 0 Å². The molecule has 70 valence electrons. The molecule has 1 aromatic rings. The Labute approximate surface area is 78.0 Å². The van der Waals surface area contributed by atoms with Gasteiger partial charge < -0.3 is 10.3 Å². The molecule has 3 nitrogen and oxygen atoms in total. The van der Waals surface area contributed by atoms with Gasteiger partial charge in [-0.05, 0) is 26.3 Å². The van der Waals surface area contributed by atoms with Crippen molar-refractivity contribution in [3.05, 3.63) is 17.2 Å². The molecule has 3 heteroatoms. The molecule has 0 spiro atoms. The predicted molar refractivity (Wildman–Crippen MR) is 50.8 cm³/mol. The van der Waals surface area contributed by atoms with Crippen molar-refractivity contribution in [2.24, 2.45) is 0 Å². The summed E-state index contributed by atoms with van der Waals surface area (Å²) in [6, 6.07) is 0.689. The molecule has 1 aliphatic carbocycles. The third-order valence-electron chi connectivity index (χ3n) is 3.27. The number of fused-ring (bicyclic) bond motifs is 4. The number of nitrogens with zero attached hydrogens (tertiary/aromatic N) is 1. The first-order valence-electron chi connectivity index (χ1n) is 5.11. The minimum Gasteiger partial charge on any atom is -0.346 e. The minimum absolute atomic E-state index is 0.689. The zero-order valence-corrected chi connectivity index (χ0v) is 7.93. The Hall–Kier alpha value is -0.830. The van der Waals surface area contributed by atoms with E-state index in [2.05, 4.69) is 22.2 Å². The molecule has 2 bridgehead atoms. The summed E-state index contributed by atoms with van der Waals surface area (Å²) in [5.74, 6) is 1.83. The number of piperidine rings is 1. The van der Waals surface area contributed by atoms with Gasteiger partial charge in [-0.1, -0.05) is 0 Å². The molecule has 2 unspecified atom stereocenters. The van der Waals surface area contributed by atoms with Crippen LogP contribution in [0.1, 0.15) is 36.0 Å². The summed E-state index contributed by atoms with van der Waals surface area (Å²) in [7, 11) is 0. The van der Waals surface area contributed by atoms with Gasteiger partial charge in [-0.25, -0.2) is 4.98 Å².